The number of carbonyl (C=O) groups excluding carboxylic acids is 1. The van der Waals surface area contributed by atoms with Gasteiger partial charge in [0, 0.05) is 13.1 Å². The fourth-order valence-electron chi connectivity index (χ4n) is 2.33. The zero-order valence-electron chi connectivity index (χ0n) is 12.7. The molecule has 1 fully saturated rings. The van der Waals surface area contributed by atoms with Gasteiger partial charge >= 0.3 is 5.97 Å². The molecule has 2 rings (SSSR count). The van der Waals surface area contributed by atoms with E-state index in [1.807, 2.05) is 0 Å². The molecule has 0 aromatic heterocycles. The molecule has 1 aromatic rings. The Morgan fingerprint density at radius 1 is 1.35 bits per heavy atom. The van der Waals surface area contributed by atoms with Crippen LogP contribution in [-0.4, -0.2) is 37.9 Å². The Morgan fingerprint density at radius 2 is 2.00 bits per heavy atom. The molecule has 1 heterocycles. The number of piperidine rings is 1. The van der Waals surface area contributed by atoms with E-state index >= 15 is 0 Å². The van der Waals surface area contributed by atoms with Crippen LogP contribution in [0.2, 0.25) is 5.02 Å². The molecule has 0 radical (unpaired) electrons. The summed E-state index contributed by atoms with van der Waals surface area (Å²) in [4.78, 5) is 11.8. The molecule has 0 spiro atoms. The summed E-state index contributed by atoms with van der Waals surface area (Å²) in [7, 11) is -3.75. The molecule has 1 aromatic carbocycles. The Bertz CT molecular complexity index is 736. The normalized spacial score (nSPS) is 17.3. The minimum Gasteiger partial charge on any atom is -0.444 e. The van der Waals surface area contributed by atoms with E-state index in [0.717, 1.165) is 19.3 Å². The Labute approximate surface area is 140 Å². The number of halogens is 1. The Hall–Kier alpha value is -1.62. The lowest BCUT2D eigenvalue weighted by Crippen LogP contribution is -2.35. The molecule has 23 heavy (non-hydrogen) atoms. The maximum atomic E-state index is 12.7. The number of rotatable bonds is 4. The van der Waals surface area contributed by atoms with Gasteiger partial charge in [-0.25, -0.2) is 13.2 Å². The lowest BCUT2D eigenvalue weighted by molar-refractivity contribution is 0.0435. The number of nitrogens with zero attached hydrogens (tertiary/aromatic N) is 2. The first-order chi connectivity index (χ1) is 10.9. The van der Waals surface area contributed by atoms with Crippen LogP contribution in [0.5, 0.6) is 0 Å². The van der Waals surface area contributed by atoms with Crippen molar-refractivity contribution in [3.05, 3.63) is 28.8 Å². The van der Waals surface area contributed by atoms with Crippen molar-refractivity contribution in [1.29, 1.82) is 5.26 Å². The summed E-state index contributed by atoms with van der Waals surface area (Å²) in [5.41, 5.74) is 0.0482. The van der Waals surface area contributed by atoms with Crippen molar-refractivity contribution in [2.45, 2.75) is 37.2 Å². The van der Waals surface area contributed by atoms with Crippen LogP contribution in [0.15, 0.2) is 23.1 Å². The van der Waals surface area contributed by atoms with Gasteiger partial charge in [0.25, 0.3) is 0 Å². The van der Waals surface area contributed by atoms with E-state index in [2.05, 4.69) is 0 Å². The van der Waals surface area contributed by atoms with E-state index in [4.69, 9.17) is 21.6 Å². The lowest BCUT2D eigenvalue weighted by atomic mass is 10.2. The lowest BCUT2D eigenvalue weighted by Gasteiger charge is -2.26. The van der Waals surface area contributed by atoms with Crippen LogP contribution < -0.4 is 0 Å². The van der Waals surface area contributed by atoms with Gasteiger partial charge in [-0.2, -0.15) is 9.57 Å². The van der Waals surface area contributed by atoms with Gasteiger partial charge in [0.05, 0.1) is 10.6 Å². The van der Waals surface area contributed by atoms with E-state index in [9.17, 15) is 13.2 Å². The quantitative estimate of drug-likeness (QED) is 0.774. The molecule has 6 nitrogen and oxygen atoms in total. The molecule has 0 amide bonds. The van der Waals surface area contributed by atoms with Crippen LogP contribution in [-0.2, 0) is 14.8 Å². The second-order valence-corrected chi connectivity index (χ2v) is 7.60. The fraction of sp³-hybridized carbons (Fsp3) is 0.467. The maximum Gasteiger partial charge on any atom is 0.339 e. The number of ether oxygens (including phenoxy) is 1. The van der Waals surface area contributed by atoms with Gasteiger partial charge in [-0.3, -0.25) is 0 Å². The summed E-state index contributed by atoms with van der Waals surface area (Å²) in [6, 6.07) is 5.72. The minimum absolute atomic E-state index is 0.0482. The Morgan fingerprint density at radius 3 is 2.61 bits per heavy atom. The summed E-state index contributed by atoms with van der Waals surface area (Å²) < 4.78 is 31.7. The standard InChI is InChI=1S/C15H17ClN2O4S/c1-11(10-17)22-15(19)12-5-6-13(16)14(9-12)23(20,21)18-7-3-2-4-8-18/h5-6,9,11H,2-4,7-8H2,1H3. The van der Waals surface area contributed by atoms with Crippen molar-refractivity contribution in [3.8, 4) is 6.07 Å². The number of nitriles is 1. The highest BCUT2D eigenvalue weighted by molar-refractivity contribution is 7.89. The first kappa shape index (κ1) is 17.7. The van der Waals surface area contributed by atoms with Crippen LogP contribution in [0.3, 0.4) is 0 Å². The average Bonchev–Trinajstić information content (AvgIpc) is 2.55. The van der Waals surface area contributed by atoms with Crippen molar-refractivity contribution < 1.29 is 17.9 Å². The number of carbonyl (C=O) groups is 1. The van der Waals surface area contributed by atoms with E-state index in [-0.39, 0.29) is 15.5 Å². The van der Waals surface area contributed by atoms with Crippen molar-refractivity contribution in [1.82, 2.24) is 4.31 Å². The molecule has 1 atom stereocenters. The van der Waals surface area contributed by atoms with E-state index < -0.39 is 22.1 Å². The molecule has 0 saturated carbocycles. The van der Waals surface area contributed by atoms with Gasteiger partial charge in [0.1, 0.15) is 11.0 Å². The van der Waals surface area contributed by atoms with Crippen LogP contribution in [0.4, 0.5) is 0 Å². The third kappa shape index (κ3) is 4.02. The molecule has 0 bridgehead atoms. The van der Waals surface area contributed by atoms with Crippen molar-refractivity contribution in [3.63, 3.8) is 0 Å². The predicted octanol–water partition coefficient (Wildman–Crippen LogP) is 2.58. The maximum absolute atomic E-state index is 12.7. The number of sulfonamides is 1. The van der Waals surface area contributed by atoms with Crippen LogP contribution >= 0.6 is 11.6 Å². The van der Waals surface area contributed by atoms with E-state index in [1.165, 1.54) is 29.4 Å². The summed E-state index contributed by atoms with van der Waals surface area (Å²) in [5, 5.41) is 8.73. The number of hydrogen-bond acceptors (Lipinski definition) is 5. The molecule has 1 unspecified atom stereocenters. The monoisotopic (exact) mass is 356 g/mol. The topological polar surface area (TPSA) is 87.5 Å². The second-order valence-electron chi connectivity index (χ2n) is 5.29. The largest absolute Gasteiger partial charge is 0.444 e. The fourth-order valence-corrected chi connectivity index (χ4v) is 4.34. The number of benzene rings is 1. The first-order valence-electron chi connectivity index (χ1n) is 7.26. The molecule has 0 N–H and O–H groups in total. The van der Waals surface area contributed by atoms with E-state index in [0.29, 0.717) is 13.1 Å². The summed E-state index contributed by atoms with van der Waals surface area (Å²) in [5.74, 6) is -0.759. The minimum atomic E-state index is -3.75. The Kier molecular flexibility index (Phi) is 5.63. The van der Waals surface area contributed by atoms with Crippen molar-refractivity contribution in [2.24, 2.45) is 0 Å². The zero-order valence-corrected chi connectivity index (χ0v) is 14.2. The summed E-state index contributed by atoms with van der Waals surface area (Å²) in [6.45, 7) is 2.32. The number of hydrogen-bond donors (Lipinski definition) is 0. The predicted molar refractivity (Wildman–Crippen MR) is 84.6 cm³/mol. The van der Waals surface area contributed by atoms with Crippen LogP contribution in [0, 0.1) is 11.3 Å². The van der Waals surface area contributed by atoms with Crippen molar-refractivity contribution >= 4 is 27.6 Å². The molecule has 124 valence electrons. The van der Waals surface area contributed by atoms with Crippen LogP contribution in [0.1, 0.15) is 36.5 Å². The summed E-state index contributed by atoms with van der Waals surface area (Å²) >= 11 is 6.03. The second kappa shape index (κ2) is 7.30. The molecular weight excluding hydrogens is 340 g/mol. The van der Waals surface area contributed by atoms with Crippen molar-refractivity contribution in [2.75, 3.05) is 13.1 Å². The molecular formula is C15H17ClN2O4S. The summed E-state index contributed by atoms with van der Waals surface area (Å²) in [6.07, 6.45) is 1.69. The molecule has 8 heteroatoms. The number of esters is 1. The molecule has 1 aliphatic rings. The zero-order chi connectivity index (χ0) is 17.0. The van der Waals surface area contributed by atoms with Gasteiger partial charge in [0.2, 0.25) is 10.0 Å². The molecule has 1 aliphatic heterocycles. The highest BCUT2D eigenvalue weighted by Crippen LogP contribution is 2.28. The third-order valence-electron chi connectivity index (χ3n) is 3.57. The van der Waals surface area contributed by atoms with Gasteiger partial charge in [-0.15, -0.1) is 0 Å². The van der Waals surface area contributed by atoms with Crippen LogP contribution in [0.25, 0.3) is 0 Å². The van der Waals surface area contributed by atoms with Gasteiger partial charge < -0.3 is 4.74 Å². The third-order valence-corrected chi connectivity index (χ3v) is 5.95. The van der Waals surface area contributed by atoms with Gasteiger partial charge in [-0.05, 0) is 38.0 Å². The smallest absolute Gasteiger partial charge is 0.339 e. The molecule has 1 saturated heterocycles. The average molecular weight is 357 g/mol. The highest BCUT2D eigenvalue weighted by atomic mass is 35.5. The Balaban J connectivity index is 2.33. The van der Waals surface area contributed by atoms with Gasteiger partial charge in [0.15, 0.2) is 6.10 Å². The highest BCUT2D eigenvalue weighted by Gasteiger charge is 2.29. The first-order valence-corrected chi connectivity index (χ1v) is 9.08. The SMILES string of the molecule is CC(C#N)OC(=O)c1ccc(Cl)c(S(=O)(=O)N2CCCCC2)c1. The van der Waals surface area contributed by atoms with E-state index in [1.54, 1.807) is 6.07 Å². The molecule has 0 aliphatic carbocycles. The van der Waals surface area contributed by atoms with Gasteiger partial charge in [-0.1, -0.05) is 18.0 Å².